The zero-order chi connectivity index (χ0) is 7.82. The summed E-state index contributed by atoms with van der Waals surface area (Å²) in [5, 5.41) is 9.28. The van der Waals surface area contributed by atoms with Crippen LogP contribution in [0.15, 0.2) is 0 Å². The minimum Gasteiger partial charge on any atom is -0.430 e. The molecule has 3 nitrogen and oxygen atoms in total. The van der Waals surface area contributed by atoms with Crippen molar-refractivity contribution in [1.29, 1.82) is 0 Å². The molecular weight excluding hydrogens is 197 g/mol. The molecule has 0 radical (unpaired) electrons. The average Bonchev–Trinajstić information content (AvgIpc) is 1.89. The van der Waals surface area contributed by atoms with E-state index in [1.54, 1.807) is 0 Å². The molecular formula is C5H13BBrNO2. The van der Waals surface area contributed by atoms with Gasteiger partial charge in [-0.3, -0.25) is 0 Å². The monoisotopic (exact) mass is 209 g/mol. The summed E-state index contributed by atoms with van der Waals surface area (Å²) in [7, 11) is -0.282. The highest BCUT2D eigenvalue weighted by molar-refractivity contribution is 9.09. The highest BCUT2D eigenvalue weighted by Crippen LogP contribution is 2.01. The van der Waals surface area contributed by atoms with Gasteiger partial charge in [0.2, 0.25) is 0 Å². The Bertz CT molecular complexity index is 76.7. The van der Waals surface area contributed by atoms with E-state index in [2.05, 4.69) is 15.9 Å². The van der Waals surface area contributed by atoms with Crippen LogP contribution in [-0.2, 0) is 4.65 Å². The van der Waals surface area contributed by atoms with E-state index in [0.29, 0.717) is 0 Å². The number of alkyl halides is 1. The predicted molar refractivity (Wildman–Crippen MR) is 46.1 cm³/mol. The van der Waals surface area contributed by atoms with Gasteiger partial charge in [-0.2, -0.15) is 0 Å². The van der Waals surface area contributed by atoms with Crippen molar-refractivity contribution in [2.45, 2.75) is 25.5 Å². The van der Waals surface area contributed by atoms with Crippen molar-refractivity contribution in [3.05, 3.63) is 0 Å². The molecule has 3 N–H and O–H groups in total. The lowest BCUT2D eigenvalue weighted by Crippen LogP contribution is -2.25. The van der Waals surface area contributed by atoms with Gasteiger partial charge >= 0.3 is 7.69 Å². The molecule has 0 aromatic carbocycles. The van der Waals surface area contributed by atoms with Crippen molar-refractivity contribution >= 4 is 23.6 Å². The molecule has 0 spiro atoms. The number of hydrogen-bond donors (Lipinski definition) is 2. The summed E-state index contributed by atoms with van der Waals surface area (Å²) in [5.41, 5.74) is 5.43. The van der Waals surface area contributed by atoms with Crippen molar-refractivity contribution in [1.82, 2.24) is 0 Å². The maximum absolute atomic E-state index is 8.28. The Morgan fingerprint density at radius 3 is 2.80 bits per heavy atom. The van der Waals surface area contributed by atoms with Gasteiger partial charge < -0.3 is 15.4 Å². The number of halogens is 1. The fourth-order valence-electron chi connectivity index (χ4n) is 0.619. The van der Waals surface area contributed by atoms with Crippen LogP contribution in [0.5, 0.6) is 0 Å². The first-order valence-electron chi connectivity index (χ1n) is 3.35. The van der Waals surface area contributed by atoms with Gasteiger partial charge in [0.05, 0.1) is 6.23 Å². The van der Waals surface area contributed by atoms with Crippen molar-refractivity contribution in [3.8, 4) is 0 Å². The maximum atomic E-state index is 8.28. The largest absolute Gasteiger partial charge is 0.436 e. The van der Waals surface area contributed by atoms with Crippen LogP contribution in [0.3, 0.4) is 0 Å². The standard InChI is InChI=1S/C5H13BBrNO2/c7-4-2-1-3-5(8)10-6-9/h5-6,9H,1-4,8H2. The molecule has 0 saturated heterocycles. The molecule has 0 saturated carbocycles. The second-order valence-electron chi connectivity index (χ2n) is 2.02. The Morgan fingerprint density at radius 2 is 2.30 bits per heavy atom. The third kappa shape index (κ3) is 6.54. The van der Waals surface area contributed by atoms with E-state index < -0.39 is 0 Å². The van der Waals surface area contributed by atoms with Crippen LogP contribution >= 0.6 is 15.9 Å². The van der Waals surface area contributed by atoms with Gasteiger partial charge in [-0.15, -0.1) is 0 Å². The predicted octanol–water partition coefficient (Wildman–Crippen LogP) is 0.112. The van der Waals surface area contributed by atoms with E-state index in [9.17, 15) is 0 Å². The molecule has 0 heterocycles. The van der Waals surface area contributed by atoms with Gasteiger partial charge in [0, 0.05) is 5.33 Å². The Balaban J connectivity index is 2.97. The van der Waals surface area contributed by atoms with Crippen LogP contribution in [0, 0.1) is 0 Å². The molecule has 0 bridgehead atoms. The lowest BCUT2D eigenvalue weighted by Gasteiger charge is -2.08. The summed E-state index contributed by atoms with van der Waals surface area (Å²) in [5.74, 6) is 0. The Labute approximate surface area is 70.4 Å². The summed E-state index contributed by atoms with van der Waals surface area (Å²) < 4.78 is 4.71. The lowest BCUT2D eigenvalue weighted by atomic mass is 10.2. The van der Waals surface area contributed by atoms with E-state index >= 15 is 0 Å². The summed E-state index contributed by atoms with van der Waals surface area (Å²) in [4.78, 5) is 0. The molecule has 1 unspecified atom stereocenters. The van der Waals surface area contributed by atoms with Crippen molar-refractivity contribution in [3.63, 3.8) is 0 Å². The van der Waals surface area contributed by atoms with Gasteiger partial charge in [-0.25, -0.2) is 0 Å². The molecule has 0 aromatic heterocycles. The van der Waals surface area contributed by atoms with E-state index in [0.717, 1.165) is 24.6 Å². The fraction of sp³-hybridized carbons (Fsp3) is 1.00. The Hall–Kier alpha value is 0.425. The molecule has 1 atom stereocenters. The van der Waals surface area contributed by atoms with Gasteiger partial charge in [0.15, 0.2) is 0 Å². The highest BCUT2D eigenvalue weighted by atomic mass is 79.9. The molecule has 0 aliphatic heterocycles. The maximum Gasteiger partial charge on any atom is 0.436 e. The van der Waals surface area contributed by atoms with Gasteiger partial charge in [0.25, 0.3) is 0 Å². The fourth-order valence-corrected chi connectivity index (χ4v) is 1.02. The topological polar surface area (TPSA) is 55.5 Å². The van der Waals surface area contributed by atoms with E-state index in [1.165, 1.54) is 0 Å². The van der Waals surface area contributed by atoms with Crippen LogP contribution in [0.2, 0.25) is 0 Å². The van der Waals surface area contributed by atoms with Crippen molar-refractivity contribution in [2.75, 3.05) is 5.33 Å². The third-order valence-corrected chi connectivity index (χ3v) is 1.72. The second kappa shape index (κ2) is 7.53. The first kappa shape index (κ1) is 10.4. The summed E-state index contributed by atoms with van der Waals surface area (Å²) in [6.07, 6.45) is 2.64. The summed E-state index contributed by atoms with van der Waals surface area (Å²) in [6.45, 7) is 0. The molecule has 0 amide bonds. The van der Waals surface area contributed by atoms with Crippen molar-refractivity contribution < 1.29 is 9.68 Å². The molecule has 0 aliphatic rings. The van der Waals surface area contributed by atoms with Crippen LogP contribution in [-0.4, -0.2) is 24.3 Å². The first-order chi connectivity index (χ1) is 4.81. The number of rotatable bonds is 6. The SMILES string of the molecule is NC(CCCCBr)OBO. The minimum absolute atomic E-state index is 0.282. The number of unbranched alkanes of at least 4 members (excludes halogenated alkanes) is 1. The molecule has 0 fully saturated rings. The number of nitrogens with two attached hydrogens (primary N) is 1. The summed E-state index contributed by atoms with van der Waals surface area (Å²) in [6, 6.07) is 0. The first-order valence-corrected chi connectivity index (χ1v) is 4.47. The molecule has 0 aliphatic carbocycles. The zero-order valence-corrected chi connectivity index (χ0v) is 7.51. The smallest absolute Gasteiger partial charge is 0.430 e. The molecule has 0 aromatic rings. The van der Waals surface area contributed by atoms with E-state index in [4.69, 9.17) is 15.4 Å². The zero-order valence-electron chi connectivity index (χ0n) is 5.92. The molecule has 60 valence electrons. The minimum atomic E-state index is -0.302. The Kier molecular flexibility index (Phi) is 7.85. The van der Waals surface area contributed by atoms with Gasteiger partial charge in [-0.1, -0.05) is 15.9 Å². The molecule has 5 heteroatoms. The quantitative estimate of drug-likeness (QED) is 0.283. The second-order valence-corrected chi connectivity index (χ2v) is 2.81. The highest BCUT2D eigenvalue weighted by Gasteiger charge is 2.00. The summed E-state index contributed by atoms with van der Waals surface area (Å²) >= 11 is 3.31. The van der Waals surface area contributed by atoms with Crippen molar-refractivity contribution in [2.24, 2.45) is 5.73 Å². The van der Waals surface area contributed by atoms with E-state index in [1.807, 2.05) is 0 Å². The van der Waals surface area contributed by atoms with Crippen LogP contribution in [0.4, 0.5) is 0 Å². The lowest BCUT2D eigenvalue weighted by molar-refractivity contribution is 0.177. The van der Waals surface area contributed by atoms with E-state index in [-0.39, 0.29) is 13.9 Å². The van der Waals surface area contributed by atoms with Crippen LogP contribution < -0.4 is 5.73 Å². The van der Waals surface area contributed by atoms with Gasteiger partial charge in [0.1, 0.15) is 0 Å². The third-order valence-electron chi connectivity index (χ3n) is 1.16. The van der Waals surface area contributed by atoms with Gasteiger partial charge in [-0.05, 0) is 19.3 Å². The number of hydrogen-bond acceptors (Lipinski definition) is 3. The normalized spacial score (nSPS) is 13.1. The van der Waals surface area contributed by atoms with Crippen LogP contribution in [0.1, 0.15) is 19.3 Å². The molecule has 10 heavy (non-hydrogen) atoms. The Morgan fingerprint density at radius 1 is 1.60 bits per heavy atom. The van der Waals surface area contributed by atoms with Crippen LogP contribution in [0.25, 0.3) is 0 Å². The average molecular weight is 210 g/mol. The molecule has 0 rings (SSSR count).